The number of rotatable bonds is 9. The Morgan fingerprint density at radius 1 is 1.33 bits per heavy atom. The lowest BCUT2D eigenvalue weighted by Crippen LogP contribution is -2.12. The van der Waals surface area contributed by atoms with Gasteiger partial charge in [-0.15, -0.1) is 0 Å². The summed E-state index contributed by atoms with van der Waals surface area (Å²) in [7, 11) is 2.94. The highest BCUT2D eigenvalue weighted by atomic mass is 35.5. The number of carbonyl (C=O) groups excluding carboxylic acids is 1. The molecule has 0 atom stereocenters. The van der Waals surface area contributed by atoms with Crippen LogP contribution in [0.3, 0.4) is 0 Å². The molecule has 21 heavy (non-hydrogen) atoms. The molecule has 0 amide bonds. The highest BCUT2D eigenvalue weighted by Gasteiger charge is 2.12. The van der Waals surface area contributed by atoms with Crippen molar-refractivity contribution in [2.24, 2.45) is 0 Å². The van der Waals surface area contributed by atoms with Gasteiger partial charge in [0.05, 0.1) is 25.8 Å². The Morgan fingerprint density at radius 3 is 2.71 bits per heavy atom. The average molecular weight is 316 g/mol. The van der Waals surface area contributed by atoms with Crippen LogP contribution in [0.15, 0.2) is 12.1 Å². The van der Waals surface area contributed by atoms with Crippen molar-refractivity contribution in [1.82, 2.24) is 5.32 Å². The third-order valence-electron chi connectivity index (χ3n) is 2.87. The van der Waals surface area contributed by atoms with Gasteiger partial charge in [-0.3, -0.25) is 4.79 Å². The summed E-state index contributed by atoms with van der Waals surface area (Å²) in [6.45, 7) is 4.01. The number of halogens is 1. The van der Waals surface area contributed by atoms with Crippen molar-refractivity contribution in [1.29, 1.82) is 0 Å². The molecule has 0 heterocycles. The third-order valence-corrected chi connectivity index (χ3v) is 3.15. The van der Waals surface area contributed by atoms with Gasteiger partial charge in [0.15, 0.2) is 11.5 Å². The van der Waals surface area contributed by atoms with Crippen molar-refractivity contribution in [2.45, 2.75) is 26.3 Å². The van der Waals surface area contributed by atoms with Crippen LogP contribution in [0.25, 0.3) is 0 Å². The van der Waals surface area contributed by atoms with E-state index in [2.05, 4.69) is 10.1 Å². The van der Waals surface area contributed by atoms with Gasteiger partial charge in [-0.25, -0.2) is 0 Å². The van der Waals surface area contributed by atoms with E-state index in [1.165, 1.54) is 7.11 Å². The van der Waals surface area contributed by atoms with E-state index in [-0.39, 0.29) is 5.97 Å². The molecule has 1 rings (SSSR count). The zero-order chi connectivity index (χ0) is 15.7. The fraction of sp³-hybridized carbons (Fsp3) is 0.533. The van der Waals surface area contributed by atoms with E-state index in [9.17, 15) is 4.79 Å². The Balaban J connectivity index is 2.66. The summed E-state index contributed by atoms with van der Waals surface area (Å²) in [6, 6.07) is 3.74. The highest BCUT2D eigenvalue weighted by molar-refractivity contribution is 6.32. The molecular formula is C15H22ClNO4. The van der Waals surface area contributed by atoms with Crippen LogP contribution < -0.4 is 14.8 Å². The number of ether oxygens (including phenoxy) is 3. The van der Waals surface area contributed by atoms with Crippen molar-refractivity contribution >= 4 is 17.6 Å². The lowest BCUT2D eigenvalue weighted by molar-refractivity contribution is -0.140. The maximum Gasteiger partial charge on any atom is 0.305 e. The zero-order valence-corrected chi connectivity index (χ0v) is 13.5. The molecule has 1 N–H and O–H groups in total. The third kappa shape index (κ3) is 5.81. The van der Waals surface area contributed by atoms with Crippen LogP contribution in [0.1, 0.15) is 25.3 Å². The summed E-state index contributed by atoms with van der Waals surface area (Å²) in [4.78, 5) is 11.0. The summed E-state index contributed by atoms with van der Waals surface area (Å²) in [5.41, 5.74) is 1.03. The second-order valence-corrected chi connectivity index (χ2v) is 4.82. The number of hydrogen-bond acceptors (Lipinski definition) is 5. The molecule has 0 fully saturated rings. The molecule has 0 aliphatic carbocycles. The SMILES string of the molecule is CCNCc1cc(Cl)c(OCCCC(=O)OC)c(OC)c1. The summed E-state index contributed by atoms with van der Waals surface area (Å²) in [6.07, 6.45) is 0.875. The lowest BCUT2D eigenvalue weighted by atomic mass is 10.2. The first-order chi connectivity index (χ1) is 10.1. The topological polar surface area (TPSA) is 56.8 Å². The van der Waals surface area contributed by atoms with E-state index in [4.69, 9.17) is 21.1 Å². The molecule has 1 aromatic carbocycles. The molecule has 1 aromatic rings. The fourth-order valence-corrected chi connectivity index (χ4v) is 2.07. The van der Waals surface area contributed by atoms with Crippen LogP contribution in [0.5, 0.6) is 11.5 Å². The predicted octanol–water partition coefficient (Wildman–Crippen LogP) is 2.79. The van der Waals surface area contributed by atoms with E-state index in [1.807, 2.05) is 19.1 Å². The molecule has 0 bridgehead atoms. The van der Waals surface area contributed by atoms with Crippen molar-refractivity contribution in [3.8, 4) is 11.5 Å². The van der Waals surface area contributed by atoms with Gasteiger partial charge in [0.1, 0.15) is 0 Å². The molecule has 0 radical (unpaired) electrons. The predicted molar refractivity (Wildman–Crippen MR) is 82.1 cm³/mol. The second-order valence-electron chi connectivity index (χ2n) is 4.42. The van der Waals surface area contributed by atoms with E-state index >= 15 is 0 Å². The minimum Gasteiger partial charge on any atom is -0.493 e. The Bertz CT molecular complexity index is 465. The van der Waals surface area contributed by atoms with Gasteiger partial charge in [0.2, 0.25) is 0 Å². The minimum absolute atomic E-state index is 0.252. The first-order valence-electron chi connectivity index (χ1n) is 6.89. The summed E-state index contributed by atoms with van der Waals surface area (Å²) in [5, 5.41) is 3.73. The number of benzene rings is 1. The molecule has 0 spiro atoms. The van der Waals surface area contributed by atoms with E-state index in [0.717, 1.165) is 18.7 Å². The standard InChI is InChI=1S/C15H22ClNO4/c1-4-17-10-11-8-12(16)15(13(9-11)19-2)21-7-5-6-14(18)20-3/h8-9,17H,4-7,10H2,1-3H3. The van der Waals surface area contributed by atoms with E-state index in [0.29, 0.717) is 36.0 Å². The second kappa shape index (κ2) is 9.47. The molecule has 5 nitrogen and oxygen atoms in total. The molecule has 0 aliphatic heterocycles. The maximum atomic E-state index is 11.0. The van der Waals surface area contributed by atoms with Gasteiger partial charge in [-0.2, -0.15) is 0 Å². The van der Waals surface area contributed by atoms with Gasteiger partial charge in [0.25, 0.3) is 0 Å². The average Bonchev–Trinajstić information content (AvgIpc) is 2.49. The zero-order valence-electron chi connectivity index (χ0n) is 12.7. The lowest BCUT2D eigenvalue weighted by Gasteiger charge is -2.14. The van der Waals surface area contributed by atoms with Crippen LogP contribution in [0, 0.1) is 0 Å². The largest absolute Gasteiger partial charge is 0.493 e. The minimum atomic E-state index is -0.252. The van der Waals surface area contributed by atoms with E-state index in [1.54, 1.807) is 7.11 Å². The highest BCUT2D eigenvalue weighted by Crippen LogP contribution is 2.36. The molecule has 0 unspecified atom stereocenters. The number of hydrogen-bond donors (Lipinski definition) is 1. The number of esters is 1. The summed E-state index contributed by atoms with van der Waals surface area (Å²) >= 11 is 6.24. The number of carbonyl (C=O) groups is 1. The number of nitrogens with one attached hydrogen (secondary N) is 1. The van der Waals surface area contributed by atoms with Crippen molar-refractivity contribution in [3.63, 3.8) is 0 Å². The van der Waals surface area contributed by atoms with Crippen LogP contribution in [-0.2, 0) is 16.1 Å². The van der Waals surface area contributed by atoms with Crippen LogP contribution in [0.2, 0.25) is 5.02 Å². The number of methoxy groups -OCH3 is 2. The normalized spacial score (nSPS) is 10.3. The van der Waals surface area contributed by atoms with Gasteiger partial charge < -0.3 is 19.5 Å². The molecule has 6 heteroatoms. The Labute approximate surface area is 130 Å². The van der Waals surface area contributed by atoms with Crippen molar-refractivity contribution in [3.05, 3.63) is 22.7 Å². The van der Waals surface area contributed by atoms with E-state index < -0.39 is 0 Å². The van der Waals surface area contributed by atoms with Crippen LogP contribution >= 0.6 is 11.6 Å². The van der Waals surface area contributed by atoms with Crippen LogP contribution in [0.4, 0.5) is 0 Å². The quantitative estimate of drug-likeness (QED) is 0.561. The molecule has 0 aromatic heterocycles. The van der Waals surface area contributed by atoms with Crippen LogP contribution in [-0.4, -0.2) is 33.3 Å². The summed E-state index contributed by atoms with van der Waals surface area (Å²) in [5.74, 6) is 0.843. The molecule has 0 saturated heterocycles. The van der Waals surface area contributed by atoms with Gasteiger partial charge in [0, 0.05) is 13.0 Å². The molecule has 118 valence electrons. The smallest absolute Gasteiger partial charge is 0.305 e. The Kier molecular flexibility index (Phi) is 7.93. The Morgan fingerprint density at radius 2 is 2.10 bits per heavy atom. The first kappa shape index (κ1) is 17.6. The van der Waals surface area contributed by atoms with Crippen molar-refractivity contribution < 1.29 is 19.0 Å². The molecule has 0 saturated carbocycles. The first-order valence-corrected chi connectivity index (χ1v) is 7.26. The molecular weight excluding hydrogens is 294 g/mol. The van der Waals surface area contributed by atoms with Crippen molar-refractivity contribution in [2.75, 3.05) is 27.4 Å². The van der Waals surface area contributed by atoms with Gasteiger partial charge in [-0.1, -0.05) is 18.5 Å². The Hall–Kier alpha value is -1.46. The monoisotopic (exact) mass is 315 g/mol. The molecule has 0 aliphatic rings. The maximum absolute atomic E-state index is 11.0. The van der Waals surface area contributed by atoms with Gasteiger partial charge >= 0.3 is 5.97 Å². The fourth-order valence-electron chi connectivity index (χ4n) is 1.78. The summed E-state index contributed by atoms with van der Waals surface area (Å²) < 4.78 is 15.5. The van der Waals surface area contributed by atoms with Gasteiger partial charge in [-0.05, 0) is 30.7 Å².